The number of nitrogens with zero attached hydrogens (tertiary/aromatic N) is 3. The van der Waals surface area contributed by atoms with Crippen molar-refractivity contribution in [1.29, 1.82) is 5.26 Å². The summed E-state index contributed by atoms with van der Waals surface area (Å²) < 4.78 is 7.83. The van der Waals surface area contributed by atoms with Gasteiger partial charge >= 0.3 is 0 Å². The second-order valence-electron chi connectivity index (χ2n) is 7.50. The molecule has 0 bridgehead atoms. The first-order chi connectivity index (χ1) is 16.0. The predicted octanol–water partition coefficient (Wildman–Crippen LogP) is 5.60. The van der Waals surface area contributed by atoms with E-state index < -0.39 is 0 Å². The van der Waals surface area contributed by atoms with Crippen molar-refractivity contribution < 1.29 is 9.53 Å². The number of aryl methyl sites for hydroxylation is 1. The molecule has 0 aliphatic carbocycles. The van der Waals surface area contributed by atoms with Crippen molar-refractivity contribution in [1.82, 2.24) is 9.78 Å². The minimum Gasteiger partial charge on any atom is -0.489 e. The van der Waals surface area contributed by atoms with Crippen LogP contribution in [-0.4, -0.2) is 15.7 Å². The Balaban J connectivity index is 1.48. The molecular formula is C26H21ClN4O2. The van der Waals surface area contributed by atoms with Crippen LogP contribution in [0.15, 0.2) is 78.9 Å². The SMILES string of the molecule is Cc1cc(NC(=O)c2ccc(C#N)cc2)nn1Cc1cc(Cl)ccc1OCc1ccccc1. The van der Waals surface area contributed by atoms with Gasteiger partial charge in [0.2, 0.25) is 0 Å². The van der Waals surface area contributed by atoms with Crippen LogP contribution in [0.5, 0.6) is 5.75 Å². The maximum atomic E-state index is 12.5. The zero-order chi connectivity index (χ0) is 23.2. The molecule has 0 saturated heterocycles. The van der Waals surface area contributed by atoms with Gasteiger partial charge in [-0.05, 0) is 55.0 Å². The number of hydrogen-bond acceptors (Lipinski definition) is 4. The first kappa shape index (κ1) is 22.1. The Labute approximate surface area is 197 Å². The number of halogens is 1. The zero-order valence-corrected chi connectivity index (χ0v) is 18.7. The molecule has 1 amide bonds. The summed E-state index contributed by atoms with van der Waals surface area (Å²) in [6.07, 6.45) is 0. The lowest BCUT2D eigenvalue weighted by atomic mass is 10.1. The van der Waals surface area contributed by atoms with Crippen molar-refractivity contribution in [2.75, 3.05) is 5.32 Å². The zero-order valence-electron chi connectivity index (χ0n) is 18.0. The molecule has 1 heterocycles. The molecule has 164 valence electrons. The minimum atomic E-state index is -0.293. The number of carbonyl (C=O) groups is 1. The quantitative estimate of drug-likeness (QED) is 0.392. The summed E-state index contributed by atoms with van der Waals surface area (Å²) in [5.41, 5.74) is 3.78. The Morgan fingerprint density at radius 3 is 2.58 bits per heavy atom. The number of nitrogens with one attached hydrogen (secondary N) is 1. The van der Waals surface area contributed by atoms with E-state index in [4.69, 9.17) is 21.6 Å². The number of amides is 1. The Kier molecular flexibility index (Phi) is 6.72. The van der Waals surface area contributed by atoms with Gasteiger partial charge in [0.1, 0.15) is 12.4 Å². The van der Waals surface area contributed by atoms with Crippen LogP contribution in [0, 0.1) is 18.3 Å². The molecule has 0 spiro atoms. The van der Waals surface area contributed by atoms with Gasteiger partial charge in [-0.2, -0.15) is 10.4 Å². The second kappa shape index (κ2) is 10.0. The van der Waals surface area contributed by atoms with E-state index in [0.29, 0.717) is 35.1 Å². The first-order valence-electron chi connectivity index (χ1n) is 10.3. The fourth-order valence-corrected chi connectivity index (χ4v) is 3.52. The Morgan fingerprint density at radius 1 is 1.09 bits per heavy atom. The van der Waals surface area contributed by atoms with Crippen LogP contribution in [-0.2, 0) is 13.2 Å². The van der Waals surface area contributed by atoms with Gasteiger partial charge < -0.3 is 10.1 Å². The molecule has 33 heavy (non-hydrogen) atoms. The van der Waals surface area contributed by atoms with E-state index in [0.717, 1.165) is 22.6 Å². The number of hydrogen-bond donors (Lipinski definition) is 1. The fourth-order valence-electron chi connectivity index (χ4n) is 3.32. The van der Waals surface area contributed by atoms with E-state index in [9.17, 15) is 4.79 Å². The van der Waals surface area contributed by atoms with Crippen molar-refractivity contribution >= 4 is 23.3 Å². The number of rotatable bonds is 7. The first-order valence-corrected chi connectivity index (χ1v) is 10.7. The normalized spacial score (nSPS) is 10.5. The van der Waals surface area contributed by atoms with E-state index in [1.54, 1.807) is 41.1 Å². The van der Waals surface area contributed by atoms with Crippen molar-refractivity contribution in [3.05, 3.63) is 112 Å². The highest BCUT2D eigenvalue weighted by atomic mass is 35.5. The third-order valence-electron chi connectivity index (χ3n) is 5.08. The molecule has 0 aliphatic rings. The van der Waals surface area contributed by atoms with Gasteiger partial charge in [-0.1, -0.05) is 41.9 Å². The number of benzene rings is 3. The summed E-state index contributed by atoms with van der Waals surface area (Å²) in [4.78, 5) is 12.5. The van der Waals surface area contributed by atoms with Crippen molar-refractivity contribution in [3.63, 3.8) is 0 Å². The average Bonchev–Trinajstić information content (AvgIpc) is 3.17. The highest BCUT2D eigenvalue weighted by Crippen LogP contribution is 2.26. The fraction of sp³-hybridized carbons (Fsp3) is 0.115. The molecule has 0 atom stereocenters. The number of carbonyl (C=O) groups excluding carboxylic acids is 1. The van der Waals surface area contributed by atoms with Crippen LogP contribution in [0.1, 0.15) is 32.7 Å². The summed E-state index contributed by atoms with van der Waals surface area (Å²) >= 11 is 6.24. The highest BCUT2D eigenvalue weighted by Gasteiger charge is 2.13. The molecule has 4 aromatic rings. The molecule has 4 rings (SSSR count). The van der Waals surface area contributed by atoms with E-state index in [1.165, 1.54) is 0 Å². The summed E-state index contributed by atoms with van der Waals surface area (Å²) in [5.74, 6) is 0.871. The van der Waals surface area contributed by atoms with Crippen LogP contribution in [0.4, 0.5) is 5.82 Å². The molecule has 0 radical (unpaired) electrons. The largest absolute Gasteiger partial charge is 0.489 e. The van der Waals surface area contributed by atoms with Crippen LogP contribution < -0.4 is 10.1 Å². The van der Waals surface area contributed by atoms with Gasteiger partial charge in [0.15, 0.2) is 5.82 Å². The number of aromatic nitrogens is 2. The van der Waals surface area contributed by atoms with Gasteiger partial charge in [-0.3, -0.25) is 9.48 Å². The van der Waals surface area contributed by atoms with Gasteiger partial charge in [0, 0.05) is 27.9 Å². The Hall–Kier alpha value is -4.08. The summed E-state index contributed by atoms with van der Waals surface area (Å²) in [6.45, 7) is 2.79. The van der Waals surface area contributed by atoms with Crippen LogP contribution in [0.3, 0.4) is 0 Å². The summed E-state index contributed by atoms with van der Waals surface area (Å²) in [7, 11) is 0. The molecule has 7 heteroatoms. The molecule has 6 nitrogen and oxygen atoms in total. The molecule has 0 unspecified atom stereocenters. The third kappa shape index (κ3) is 5.59. The van der Waals surface area contributed by atoms with E-state index in [2.05, 4.69) is 10.4 Å². The standard InChI is InChI=1S/C26H21ClN4O2/c1-18-13-25(29-26(32)21-9-7-19(15-28)8-10-21)30-31(18)16-22-14-23(27)11-12-24(22)33-17-20-5-3-2-4-6-20/h2-14H,16-17H2,1H3,(H,29,30,32). The number of nitriles is 1. The second-order valence-corrected chi connectivity index (χ2v) is 7.93. The molecule has 0 fully saturated rings. The number of anilines is 1. The smallest absolute Gasteiger partial charge is 0.256 e. The monoisotopic (exact) mass is 456 g/mol. The number of ether oxygens (including phenoxy) is 1. The van der Waals surface area contributed by atoms with E-state index in [-0.39, 0.29) is 5.91 Å². The van der Waals surface area contributed by atoms with Gasteiger partial charge in [-0.25, -0.2) is 0 Å². The molecule has 1 aromatic heterocycles. The van der Waals surface area contributed by atoms with Crippen LogP contribution in [0.25, 0.3) is 0 Å². The van der Waals surface area contributed by atoms with E-state index in [1.807, 2.05) is 55.5 Å². The minimum absolute atomic E-state index is 0.293. The van der Waals surface area contributed by atoms with Crippen LogP contribution in [0.2, 0.25) is 5.02 Å². The summed E-state index contributed by atoms with van der Waals surface area (Å²) in [6, 6.07) is 25.7. The van der Waals surface area contributed by atoms with Crippen molar-refractivity contribution in [2.45, 2.75) is 20.1 Å². The molecule has 0 aliphatic heterocycles. The third-order valence-corrected chi connectivity index (χ3v) is 5.31. The molecule has 0 saturated carbocycles. The van der Waals surface area contributed by atoms with Crippen LogP contribution >= 0.6 is 11.6 Å². The lowest BCUT2D eigenvalue weighted by Crippen LogP contribution is -2.13. The lowest BCUT2D eigenvalue weighted by Gasteiger charge is -2.13. The van der Waals surface area contributed by atoms with Crippen molar-refractivity contribution in [2.24, 2.45) is 0 Å². The average molecular weight is 457 g/mol. The van der Waals surface area contributed by atoms with Gasteiger partial charge in [0.25, 0.3) is 5.91 Å². The topological polar surface area (TPSA) is 79.9 Å². The van der Waals surface area contributed by atoms with Crippen molar-refractivity contribution in [3.8, 4) is 11.8 Å². The molecule has 3 aromatic carbocycles. The van der Waals surface area contributed by atoms with Gasteiger partial charge in [0.05, 0.1) is 18.2 Å². The molecular weight excluding hydrogens is 436 g/mol. The molecule has 1 N–H and O–H groups in total. The maximum Gasteiger partial charge on any atom is 0.256 e. The predicted molar refractivity (Wildman–Crippen MR) is 127 cm³/mol. The highest BCUT2D eigenvalue weighted by molar-refractivity contribution is 6.30. The van der Waals surface area contributed by atoms with Gasteiger partial charge in [-0.15, -0.1) is 0 Å². The van der Waals surface area contributed by atoms with E-state index >= 15 is 0 Å². The maximum absolute atomic E-state index is 12.5. The summed E-state index contributed by atoms with van der Waals surface area (Å²) in [5, 5.41) is 16.8. The Morgan fingerprint density at radius 2 is 1.85 bits per heavy atom. The lowest BCUT2D eigenvalue weighted by molar-refractivity contribution is 0.102. The Bertz CT molecular complexity index is 1310.